The van der Waals surface area contributed by atoms with Crippen LogP contribution in [-0.2, 0) is 16.0 Å². The first-order valence-electron chi connectivity index (χ1n) is 8.88. The second-order valence-corrected chi connectivity index (χ2v) is 6.52. The van der Waals surface area contributed by atoms with Crippen LogP contribution in [0.15, 0.2) is 42.5 Å². The van der Waals surface area contributed by atoms with Crippen molar-refractivity contribution < 1.29 is 23.9 Å². The monoisotopic (exact) mass is 382 g/mol. The molecule has 1 aliphatic heterocycles. The molecule has 3 amide bonds. The molecule has 0 aromatic heterocycles. The van der Waals surface area contributed by atoms with Gasteiger partial charge in [0, 0.05) is 11.1 Å². The molecule has 7 nitrogen and oxygen atoms in total. The number of rotatable bonds is 6. The molecule has 1 heterocycles. The highest BCUT2D eigenvalue weighted by Gasteiger charge is 2.32. The fourth-order valence-corrected chi connectivity index (χ4v) is 3.25. The molecule has 0 spiro atoms. The molecular weight excluding hydrogens is 360 g/mol. The number of imide groups is 1. The molecule has 2 aromatic carbocycles. The maximum Gasteiger partial charge on any atom is 0.261 e. The van der Waals surface area contributed by atoms with E-state index in [-0.39, 0.29) is 18.9 Å². The molecule has 0 unspecified atom stereocenters. The number of nitrogens with one attached hydrogen (secondary N) is 1. The Bertz CT molecular complexity index is 925. The van der Waals surface area contributed by atoms with Crippen molar-refractivity contribution in [2.24, 2.45) is 0 Å². The smallest absolute Gasteiger partial charge is 0.261 e. The van der Waals surface area contributed by atoms with Crippen molar-refractivity contribution in [3.8, 4) is 11.5 Å². The summed E-state index contributed by atoms with van der Waals surface area (Å²) in [6, 6.07) is 11.8. The van der Waals surface area contributed by atoms with Gasteiger partial charge in [0.2, 0.25) is 11.8 Å². The van der Waals surface area contributed by atoms with Gasteiger partial charge >= 0.3 is 0 Å². The standard InChI is InChI=1S/C21H22N2O5/c1-13(17-11-15(27-2)8-9-18(17)28-3)22-19(24)12-23-20(25)10-14-6-4-5-7-16(14)21(23)26/h4-9,11,13H,10,12H2,1-3H3,(H,22,24)/t13-/m1/s1. The van der Waals surface area contributed by atoms with Gasteiger partial charge in [-0.05, 0) is 36.8 Å². The summed E-state index contributed by atoms with van der Waals surface area (Å²) in [5, 5.41) is 2.81. The van der Waals surface area contributed by atoms with Crippen LogP contribution in [0.5, 0.6) is 11.5 Å². The van der Waals surface area contributed by atoms with Gasteiger partial charge in [-0.2, -0.15) is 0 Å². The summed E-state index contributed by atoms with van der Waals surface area (Å²) in [6.07, 6.45) is 0.106. The van der Waals surface area contributed by atoms with Gasteiger partial charge in [0.25, 0.3) is 5.91 Å². The lowest BCUT2D eigenvalue weighted by Gasteiger charge is -2.27. The summed E-state index contributed by atoms with van der Waals surface area (Å²) in [5.41, 5.74) is 1.87. The molecule has 0 radical (unpaired) electrons. The van der Waals surface area contributed by atoms with Gasteiger partial charge in [-0.1, -0.05) is 18.2 Å². The molecule has 1 atom stereocenters. The molecule has 0 saturated heterocycles. The molecule has 1 N–H and O–H groups in total. The average molecular weight is 382 g/mol. The number of carbonyl (C=O) groups is 3. The molecule has 2 aromatic rings. The Morgan fingerprint density at radius 1 is 1.14 bits per heavy atom. The Balaban J connectivity index is 1.72. The largest absolute Gasteiger partial charge is 0.497 e. The van der Waals surface area contributed by atoms with Gasteiger partial charge < -0.3 is 14.8 Å². The van der Waals surface area contributed by atoms with Gasteiger partial charge in [0.05, 0.1) is 26.7 Å². The molecule has 0 fully saturated rings. The number of fused-ring (bicyclic) bond motifs is 1. The maximum atomic E-state index is 12.6. The minimum absolute atomic E-state index is 0.106. The zero-order chi connectivity index (χ0) is 20.3. The van der Waals surface area contributed by atoms with Crippen LogP contribution in [0.4, 0.5) is 0 Å². The number of methoxy groups -OCH3 is 2. The van der Waals surface area contributed by atoms with E-state index >= 15 is 0 Å². The molecule has 0 bridgehead atoms. The summed E-state index contributed by atoms with van der Waals surface area (Å²) in [4.78, 5) is 38.4. The lowest BCUT2D eigenvalue weighted by molar-refractivity contribution is -0.133. The van der Waals surface area contributed by atoms with E-state index in [2.05, 4.69) is 5.32 Å². The van der Waals surface area contributed by atoms with Gasteiger partial charge in [0.15, 0.2) is 0 Å². The van der Waals surface area contributed by atoms with Crippen LogP contribution in [0.25, 0.3) is 0 Å². The van der Waals surface area contributed by atoms with Gasteiger partial charge in [-0.15, -0.1) is 0 Å². The second kappa shape index (κ2) is 8.12. The van der Waals surface area contributed by atoms with E-state index in [1.807, 2.05) is 0 Å². The predicted molar refractivity (Wildman–Crippen MR) is 102 cm³/mol. The van der Waals surface area contributed by atoms with Crippen LogP contribution >= 0.6 is 0 Å². The fraction of sp³-hybridized carbons (Fsp3) is 0.286. The van der Waals surface area contributed by atoms with E-state index < -0.39 is 17.9 Å². The first-order valence-corrected chi connectivity index (χ1v) is 8.88. The van der Waals surface area contributed by atoms with Crippen molar-refractivity contribution in [1.29, 1.82) is 0 Å². The van der Waals surface area contributed by atoms with Crippen molar-refractivity contribution in [3.05, 3.63) is 59.2 Å². The molecule has 146 valence electrons. The van der Waals surface area contributed by atoms with Gasteiger partial charge in [0.1, 0.15) is 18.0 Å². The van der Waals surface area contributed by atoms with Crippen molar-refractivity contribution in [2.45, 2.75) is 19.4 Å². The fourth-order valence-electron chi connectivity index (χ4n) is 3.25. The van der Waals surface area contributed by atoms with Crippen molar-refractivity contribution >= 4 is 17.7 Å². The van der Waals surface area contributed by atoms with Crippen LogP contribution in [0.2, 0.25) is 0 Å². The van der Waals surface area contributed by atoms with Crippen molar-refractivity contribution in [1.82, 2.24) is 10.2 Å². The van der Waals surface area contributed by atoms with Gasteiger partial charge in [-0.25, -0.2) is 0 Å². The van der Waals surface area contributed by atoms with Crippen LogP contribution in [0.3, 0.4) is 0 Å². The van der Waals surface area contributed by atoms with Crippen LogP contribution in [-0.4, -0.2) is 43.4 Å². The van der Waals surface area contributed by atoms with E-state index in [1.54, 1.807) is 63.6 Å². The number of ether oxygens (including phenoxy) is 2. The van der Waals surface area contributed by atoms with Crippen LogP contribution in [0.1, 0.15) is 34.5 Å². The molecule has 0 saturated carbocycles. The normalized spacial score (nSPS) is 14.3. The summed E-state index contributed by atoms with van der Waals surface area (Å²) in [6.45, 7) is 1.47. The number of nitrogens with zero attached hydrogens (tertiary/aromatic N) is 1. The molecule has 0 aliphatic carbocycles. The van der Waals surface area contributed by atoms with E-state index in [0.29, 0.717) is 22.6 Å². The Hall–Kier alpha value is -3.35. The first kappa shape index (κ1) is 19.4. The van der Waals surface area contributed by atoms with Crippen LogP contribution in [0, 0.1) is 0 Å². The summed E-state index contributed by atoms with van der Waals surface area (Å²) >= 11 is 0. The number of hydrogen-bond donors (Lipinski definition) is 1. The molecular formula is C21H22N2O5. The molecule has 7 heteroatoms. The quantitative estimate of drug-likeness (QED) is 0.774. The summed E-state index contributed by atoms with van der Waals surface area (Å²) < 4.78 is 10.6. The Morgan fingerprint density at radius 3 is 2.61 bits per heavy atom. The third kappa shape index (κ3) is 3.83. The number of hydrogen-bond acceptors (Lipinski definition) is 5. The van der Waals surface area contributed by atoms with E-state index in [1.165, 1.54) is 0 Å². The third-order valence-corrected chi connectivity index (χ3v) is 4.72. The maximum absolute atomic E-state index is 12.6. The zero-order valence-electron chi connectivity index (χ0n) is 16.0. The minimum atomic E-state index is -0.450. The van der Waals surface area contributed by atoms with E-state index in [4.69, 9.17) is 9.47 Å². The summed E-state index contributed by atoms with van der Waals surface area (Å²) in [5.74, 6) is -0.0277. The third-order valence-electron chi connectivity index (χ3n) is 4.72. The van der Waals surface area contributed by atoms with Crippen molar-refractivity contribution in [3.63, 3.8) is 0 Å². The van der Waals surface area contributed by atoms with E-state index in [0.717, 1.165) is 10.5 Å². The highest BCUT2D eigenvalue weighted by Crippen LogP contribution is 2.29. The number of benzene rings is 2. The Kier molecular flexibility index (Phi) is 5.63. The lowest BCUT2D eigenvalue weighted by atomic mass is 9.98. The minimum Gasteiger partial charge on any atom is -0.497 e. The first-order chi connectivity index (χ1) is 13.4. The van der Waals surface area contributed by atoms with Crippen LogP contribution < -0.4 is 14.8 Å². The summed E-state index contributed by atoms with van der Waals surface area (Å²) in [7, 11) is 3.10. The molecule has 3 rings (SSSR count). The number of amides is 3. The SMILES string of the molecule is COc1ccc(OC)c([C@@H](C)NC(=O)CN2C(=O)Cc3ccccc3C2=O)c1. The Morgan fingerprint density at radius 2 is 1.89 bits per heavy atom. The predicted octanol–water partition coefficient (Wildman–Crippen LogP) is 2.11. The highest BCUT2D eigenvalue weighted by atomic mass is 16.5. The molecule has 28 heavy (non-hydrogen) atoms. The molecule has 1 aliphatic rings. The average Bonchev–Trinajstić information content (AvgIpc) is 2.70. The topological polar surface area (TPSA) is 84.9 Å². The zero-order valence-corrected chi connectivity index (χ0v) is 16.0. The highest BCUT2D eigenvalue weighted by molar-refractivity contribution is 6.11. The Labute approximate surface area is 163 Å². The lowest BCUT2D eigenvalue weighted by Crippen LogP contribution is -2.47. The van der Waals surface area contributed by atoms with Gasteiger partial charge in [-0.3, -0.25) is 19.3 Å². The number of carbonyl (C=O) groups excluding carboxylic acids is 3. The second-order valence-electron chi connectivity index (χ2n) is 6.52. The van der Waals surface area contributed by atoms with E-state index in [9.17, 15) is 14.4 Å². The van der Waals surface area contributed by atoms with Crippen molar-refractivity contribution in [2.75, 3.05) is 20.8 Å².